The van der Waals surface area contributed by atoms with E-state index in [0.717, 1.165) is 6.42 Å². The number of hydrogen-bond acceptors (Lipinski definition) is 4. The molecule has 19 heavy (non-hydrogen) atoms. The molecule has 0 heterocycles. The van der Waals surface area contributed by atoms with Crippen molar-refractivity contribution in [3.8, 4) is 5.75 Å². The van der Waals surface area contributed by atoms with Crippen LogP contribution in [0.25, 0.3) is 0 Å². The van der Waals surface area contributed by atoms with Crippen LogP contribution in [0.3, 0.4) is 0 Å². The summed E-state index contributed by atoms with van der Waals surface area (Å²) in [4.78, 5) is 11.8. The van der Waals surface area contributed by atoms with E-state index in [0.29, 0.717) is 36.8 Å². The zero-order valence-electron chi connectivity index (χ0n) is 11.1. The van der Waals surface area contributed by atoms with E-state index < -0.39 is 0 Å². The van der Waals surface area contributed by atoms with Gasteiger partial charge in [-0.2, -0.15) is 0 Å². The Morgan fingerprint density at radius 2 is 2.26 bits per heavy atom. The van der Waals surface area contributed by atoms with Gasteiger partial charge in [-0.05, 0) is 24.6 Å². The minimum Gasteiger partial charge on any atom is -0.495 e. The first-order valence-electron chi connectivity index (χ1n) is 6.09. The zero-order valence-corrected chi connectivity index (χ0v) is 11.1. The van der Waals surface area contributed by atoms with Crippen molar-refractivity contribution in [2.75, 3.05) is 32.6 Å². The van der Waals surface area contributed by atoms with Gasteiger partial charge >= 0.3 is 0 Å². The fourth-order valence-electron chi connectivity index (χ4n) is 1.48. The molecule has 0 aliphatic rings. The lowest BCUT2D eigenvalue weighted by Gasteiger charge is -2.08. The molecule has 3 N–H and O–H groups in total. The molecule has 1 aromatic carbocycles. The first-order chi connectivity index (χ1) is 9.19. The van der Waals surface area contributed by atoms with Gasteiger partial charge in [-0.25, -0.2) is 0 Å². The van der Waals surface area contributed by atoms with Crippen molar-refractivity contribution in [1.82, 2.24) is 5.32 Å². The summed E-state index contributed by atoms with van der Waals surface area (Å²) in [6, 6.07) is 4.93. The van der Waals surface area contributed by atoms with Crippen LogP contribution >= 0.6 is 0 Å². The van der Waals surface area contributed by atoms with Crippen molar-refractivity contribution in [1.29, 1.82) is 0 Å². The van der Waals surface area contributed by atoms with Crippen molar-refractivity contribution < 1.29 is 14.3 Å². The first kappa shape index (κ1) is 15.0. The molecule has 104 valence electrons. The molecule has 5 heteroatoms. The molecule has 0 saturated heterocycles. The SMILES string of the molecule is C=CCCOCCNC(=O)c1ccc(OC)c(N)c1. The van der Waals surface area contributed by atoms with Gasteiger partial charge in [0.25, 0.3) is 5.91 Å². The smallest absolute Gasteiger partial charge is 0.251 e. The topological polar surface area (TPSA) is 73.6 Å². The largest absolute Gasteiger partial charge is 0.495 e. The summed E-state index contributed by atoms with van der Waals surface area (Å²) in [7, 11) is 1.53. The predicted octanol–water partition coefficient (Wildman–Crippen LogP) is 1.60. The number of anilines is 1. The summed E-state index contributed by atoms with van der Waals surface area (Å²) < 4.78 is 10.3. The van der Waals surface area contributed by atoms with Crippen LogP contribution in [0, 0.1) is 0 Å². The van der Waals surface area contributed by atoms with Crippen LogP contribution in [0.1, 0.15) is 16.8 Å². The Morgan fingerprint density at radius 1 is 1.47 bits per heavy atom. The number of hydrogen-bond donors (Lipinski definition) is 2. The number of benzene rings is 1. The Kier molecular flexibility index (Phi) is 6.46. The van der Waals surface area contributed by atoms with E-state index in [1.165, 1.54) is 7.11 Å². The van der Waals surface area contributed by atoms with E-state index in [1.807, 2.05) is 0 Å². The van der Waals surface area contributed by atoms with Gasteiger partial charge in [0.2, 0.25) is 0 Å². The Morgan fingerprint density at radius 3 is 2.89 bits per heavy atom. The monoisotopic (exact) mass is 264 g/mol. The van der Waals surface area contributed by atoms with Gasteiger partial charge in [0, 0.05) is 12.1 Å². The van der Waals surface area contributed by atoms with Crippen LogP contribution in [-0.2, 0) is 4.74 Å². The van der Waals surface area contributed by atoms with Crippen molar-refractivity contribution in [3.05, 3.63) is 36.4 Å². The van der Waals surface area contributed by atoms with Crippen LogP contribution < -0.4 is 15.8 Å². The van der Waals surface area contributed by atoms with Crippen molar-refractivity contribution in [2.45, 2.75) is 6.42 Å². The number of nitrogen functional groups attached to an aromatic ring is 1. The maximum Gasteiger partial charge on any atom is 0.251 e. The van der Waals surface area contributed by atoms with E-state index in [4.69, 9.17) is 15.2 Å². The number of amides is 1. The molecule has 0 radical (unpaired) electrons. The lowest BCUT2D eigenvalue weighted by molar-refractivity contribution is 0.0918. The molecule has 0 aliphatic carbocycles. The summed E-state index contributed by atoms with van der Waals surface area (Å²) in [5.41, 5.74) is 6.69. The van der Waals surface area contributed by atoms with Gasteiger partial charge < -0.3 is 20.5 Å². The predicted molar refractivity (Wildman–Crippen MR) is 75.4 cm³/mol. The second-order valence-electron chi connectivity index (χ2n) is 3.90. The third kappa shape index (κ3) is 5.01. The van der Waals surface area contributed by atoms with Gasteiger partial charge in [-0.1, -0.05) is 6.08 Å². The number of methoxy groups -OCH3 is 1. The van der Waals surface area contributed by atoms with Crippen LogP contribution in [0.5, 0.6) is 5.75 Å². The van der Waals surface area contributed by atoms with Gasteiger partial charge in [0.15, 0.2) is 0 Å². The molecule has 1 aromatic rings. The highest BCUT2D eigenvalue weighted by atomic mass is 16.5. The molecular weight excluding hydrogens is 244 g/mol. The second kappa shape index (κ2) is 8.16. The molecule has 5 nitrogen and oxygen atoms in total. The normalized spacial score (nSPS) is 9.95. The first-order valence-corrected chi connectivity index (χ1v) is 6.09. The van der Waals surface area contributed by atoms with Crippen LogP contribution in [0.15, 0.2) is 30.9 Å². The zero-order chi connectivity index (χ0) is 14.1. The molecule has 1 rings (SSSR count). The van der Waals surface area contributed by atoms with Crippen LogP contribution in [0.2, 0.25) is 0 Å². The minimum atomic E-state index is -0.179. The fraction of sp³-hybridized carbons (Fsp3) is 0.357. The van der Waals surface area contributed by atoms with Crippen LogP contribution in [-0.4, -0.2) is 32.8 Å². The molecule has 0 bridgehead atoms. The summed E-state index contributed by atoms with van der Waals surface area (Å²) in [6.07, 6.45) is 2.60. The minimum absolute atomic E-state index is 0.179. The van der Waals surface area contributed by atoms with Gasteiger partial charge in [0.1, 0.15) is 5.75 Å². The van der Waals surface area contributed by atoms with E-state index in [-0.39, 0.29) is 5.91 Å². The molecule has 0 aliphatic heterocycles. The summed E-state index contributed by atoms with van der Waals surface area (Å²) >= 11 is 0. The number of carbonyl (C=O) groups excluding carboxylic acids is 1. The Bertz CT molecular complexity index is 433. The Balaban J connectivity index is 2.37. The van der Waals surface area contributed by atoms with Crippen LogP contribution in [0.4, 0.5) is 5.69 Å². The molecule has 0 atom stereocenters. The highest BCUT2D eigenvalue weighted by Crippen LogP contribution is 2.21. The van der Waals surface area contributed by atoms with Crippen molar-refractivity contribution in [2.24, 2.45) is 0 Å². The third-order valence-electron chi connectivity index (χ3n) is 2.49. The number of carbonyl (C=O) groups is 1. The van der Waals surface area contributed by atoms with Gasteiger partial charge in [-0.15, -0.1) is 6.58 Å². The second-order valence-corrected chi connectivity index (χ2v) is 3.90. The van der Waals surface area contributed by atoms with Crippen molar-refractivity contribution >= 4 is 11.6 Å². The lowest BCUT2D eigenvalue weighted by Crippen LogP contribution is -2.27. The molecular formula is C14H20N2O3. The van der Waals surface area contributed by atoms with E-state index in [2.05, 4.69) is 11.9 Å². The van der Waals surface area contributed by atoms with Gasteiger partial charge in [0.05, 0.1) is 26.0 Å². The third-order valence-corrected chi connectivity index (χ3v) is 2.49. The fourth-order valence-corrected chi connectivity index (χ4v) is 1.48. The van der Waals surface area contributed by atoms with Crippen molar-refractivity contribution in [3.63, 3.8) is 0 Å². The quantitative estimate of drug-likeness (QED) is 0.425. The standard InChI is InChI=1S/C14H20N2O3/c1-3-4-8-19-9-7-16-14(17)11-5-6-13(18-2)12(15)10-11/h3,5-6,10H,1,4,7-9,15H2,2H3,(H,16,17). The molecule has 1 amide bonds. The summed E-state index contributed by atoms with van der Waals surface area (Å²) in [5.74, 6) is 0.381. The van der Waals surface area contributed by atoms with E-state index >= 15 is 0 Å². The average Bonchev–Trinajstić information content (AvgIpc) is 2.42. The molecule has 0 aromatic heterocycles. The van der Waals surface area contributed by atoms with E-state index in [9.17, 15) is 4.79 Å². The highest BCUT2D eigenvalue weighted by molar-refractivity contribution is 5.95. The molecule has 0 fully saturated rings. The summed E-state index contributed by atoms with van der Waals surface area (Å²) in [5, 5.41) is 2.75. The lowest BCUT2D eigenvalue weighted by atomic mass is 10.2. The molecule has 0 spiro atoms. The Labute approximate surface area is 113 Å². The Hall–Kier alpha value is -2.01. The molecule has 0 saturated carbocycles. The number of nitrogens with two attached hydrogens (primary N) is 1. The number of rotatable bonds is 8. The highest BCUT2D eigenvalue weighted by Gasteiger charge is 2.07. The molecule has 0 unspecified atom stereocenters. The maximum absolute atomic E-state index is 11.8. The number of ether oxygens (including phenoxy) is 2. The van der Waals surface area contributed by atoms with Gasteiger partial charge in [-0.3, -0.25) is 4.79 Å². The average molecular weight is 264 g/mol. The number of nitrogens with one attached hydrogen (secondary N) is 1. The maximum atomic E-state index is 11.8. The van der Waals surface area contributed by atoms with E-state index in [1.54, 1.807) is 24.3 Å². The summed E-state index contributed by atoms with van der Waals surface area (Å²) in [6.45, 7) is 5.15.